The van der Waals surface area contributed by atoms with Gasteiger partial charge in [0.15, 0.2) is 5.78 Å². The summed E-state index contributed by atoms with van der Waals surface area (Å²) < 4.78 is 24.5. The number of Topliss-reactive ketones (excluding diaryl/α,β-unsaturated/α-hetero) is 1. The zero-order chi connectivity index (χ0) is 26.4. The summed E-state index contributed by atoms with van der Waals surface area (Å²) in [6, 6.07) is 8.02. The minimum Gasteiger partial charge on any atom is -0.487 e. The van der Waals surface area contributed by atoms with Gasteiger partial charge in [-0.1, -0.05) is 37.6 Å². The van der Waals surface area contributed by atoms with E-state index < -0.39 is 17.7 Å². The molecule has 2 aromatic rings. The van der Waals surface area contributed by atoms with Crippen molar-refractivity contribution in [1.29, 1.82) is 0 Å². The molecule has 0 amide bonds. The predicted octanol–water partition coefficient (Wildman–Crippen LogP) is 6.45. The van der Waals surface area contributed by atoms with Gasteiger partial charge in [0.2, 0.25) is 0 Å². The van der Waals surface area contributed by atoms with E-state index in [1.807, 2.05) is 32.9 Å². The number of aryl methyl sites for hydroxylation is 2. The van der Waals surface area contributed by atoms with Crippen LogP contribution in [0.5, 0.6) is 5.75 Å². The van der Waals surface area contributed by atoms with Gasteiger partial charge in [0, 0.05) is 29.3 Å². The molecule has 0 aromatic heterocycles. The summed E-state index contributed by atoms with van der Waals surface area (Å²) in [4.78, 5) is 26.5. The molecular weight excluding hydrogens is 481 g/mol. The number of esters is 1. The zero-order valence-corrected chi connectivity index (χ0v) is 22.2. The van der Waals surface area contributed by atoms with Crippen molar-refractivity contribution in [3.8, 4) is 5.75 Å². The lowest BCUT2D eigenvalue weighted by molar-refractivity contribution is -0.136. The van der Waals surface area contributed by atoms with E-state index in [9.17, 15) is 14.0 Å². The minimum atomic E-state index is -0.550. The number of hydrogen-bond donors (Lipinski definition) is 1. The fourth-order valence-corrected chi connectivity index (χ4v) is 5.48. The number of methoxy groups -OCH3 is 1. The minimum absolute atomic E-state index is 0.0310. The molecule has 0 spiro atoms. The summed E-state index contributed by atoms with van der Waals surface area (Å²) in [5, 5.41) is 3.53. The number of ether oxygens (including phenoxy) is 2. The molecule has 7 heteroatoms. The van der Waals surface area contributed by atoms with Crippen LogP contribution >= 0.6 is 11.6 Å². The third-order valence-electron chi connectivity index (χ3n) is 6.96. The van der Waals surface area contributed by atoms with Crippen molar-refractivity contribution in [3.63, 3.8) is 0 Å². The highest BCUT2D eigenvalue weighted by Gasteiger charge is 2.43. The molecule has 0 radical (unpaired) electrons. The second-order valence-electron chi connectivity index (χ2n) is 10.4. The first kappa shape index (κ1) is 26.0. The molecule has 36 heavy (non-hydrogen) atoms. The maximum atomic E-state index is 13.5. The summed E-state index contributed by atoms with van der Waals surface area (Å²) in [5.41, 5.74) is 6.12. The average Bonchev–Trinajstić information content (AvgIpc) is 2.77. The summed E-state index contributed by atoms with van der Waals surface area (Å²) in [5.74, 6) is -1.05. The Hall–Kier alpha value is -3.12. The van der Waals surface area contributed by atoms with Crippen LogP contribution in [-0.2, 0) is 20.9 Å². The van der Waals surface area contributed by atoms with Crippen LogP contribution in [0.4, 0.5) is 4.39 Å². The van der Waals surface area contributed by atoms with Gasteiger partial charge in [0.25, 0.3) is 0 Å². The van der Waals surface area contributed by atoms with Crippen molar-refractivity contribution in [3.05, 3.63) is 86.0 Å². The first-order valence-electron chi connectivity index (χ1n) is 11.9. The number of hydrogen-bond acceptors (Lipinski definition) is 5. The largest absolute Gasteiger partial charge is 0.487 e. The van der Waals surface area contributed by atoms with Crippen LogP contribution < -0.4 is 10.1 Å². The maximum Gasteiger partial charge on any atom is 0.336 e. The third-order valence-corrected chi connectivity index (χ3v) is 7.25. The van der Waals surface area contributed by atoms with Gasteiger partial charge >= 0.3 is 5.97 Å². The standard InChI is InChI=1S/C29H31ClFNO4/c1-15-9-16(2)20(10-18(15)14-36-24-8-7-19(31)11-21(24)30)26-25(28(34)35-6)17(3)32-22-12-29(4,5)13-23(33)27(22)26/h7-11,26,32H,12-14H2,1-6H3/t26-/m1/s1. The maximum absolute atomic E-state index is 13.5. The van der Waals surface area contributed by atoms with Gasteiger partial charge in [0.05, 0.1) is 17.7 Å². The molecule has 5 nitrogen and oxygen atoms in total. The molecule has 0 bridgehead atoms. The van der Waals surface area contributed by atoms with Crippen LogP contribution in [-0.4, -0.2) is 18.9 Å². The molecule has 1 aliphatic carbocycles. The molecule has 4 rings (SSSR count). The molecule has 190 valence electrons. The number of rotatable bonds is 5. The number of benzene rings is 2. The Morgan fingerprint density at radius 2 is 1.86 bits per heavy atom. The summed E-state index contributed by atoms with van der Waals surface area (Å²) >= 11 is 6.14. The Balaban J connectivity index is 1.81. The summed E-state index contributed by atoms with van der Waals surface area (Å²) in [6.45, 7) is 10.2. The molecule has 1 heterocycles. The second kappa shape index (κ2) is 9.74. The number of ketones is 1. The Labute approximate surface area is 216 Å². The average molecular weight is 512 g/mol. The van der Waals surface area contributed by atoms with Crippen molar-refractivity contribution in [2.75, 3.05) is 7.11 Å². The molecular formula is C29H31ClFNO4. The van der Waals surface area contributed by atoms with E-state index in [-0.39, 0.29) is 22.8 Å². The van der Waals surface area contributed by atoms with Gasteiger partial charge in [-0.05, 0) is 73.1 Å². The lowest BCUT2D eigenvalue weighted by Gasteiger charge is -2.39. The van der Waals surface area contributed by atoms with Crippen LogP contribution in [0.3, 0.4) is 0 Å². The highest BCUT2D eigenvalue weighted by molar-refractivity contribution is 6.32. The number of nitrogens with one attached hydrogen (secondary N) is 1. The van der Waals surface area contributed by atoms with Gasteiger partial charge in [-0.2, -0.15) is 0 Å². The molecule has 1 N–H and O–H groups in total. The third kappa shape index (κ3) is 4.92. The second-order valence-corrected chi connectivity index (χ2v) is 10.8. The Morgan fingerprint density at radius 1 is 1.14 bits per heavy atom. The van der Waals surface area contributed by atoms with E-state index in [1.54, 1.807) is 0 Å². The Morgan fingerprint density at radius 3 is 2.53 bits per heavy atom. The van der Waals surface area contributed by atoms with E-state index in [4.69, 9.17) is 21.1 Å². The van der Waals surface area contributed by atoms with Gasteiger partial charge in [-0.25, -0.2) is 9.18 Å². The van der Waals surface area contributed by atoms with E-state index in [0.717, 1.165) is 28.0 Å². The lowest BCUT2D eigenvalue weighted by Crippen LogP contribution is -2.38. The Kier molecular flexibility index (Phi) is 7.02. The molecule has 0 saturated carbocycles. The fraction of sp³-hybridized carbons (Fsp3) is 0.379. The first-order valence-corrected chi connectivity index (χ1v) is 12.3. The molecule has 2 aliphatic rings. The van der Waals surface area contributed by atoms with Crippen LogP contribution in [0.25, 0.3) is 0 Å². The van der Waals surface area contributed by atoms with Gasteiger partial charge < -0.3 is 14.8 Å². The smallest absolute Gasteiger partial charge is 0.336 e. The van der Waals surface area contributed by atoms with Crippen LogP contribution in [0, 0.1) is 25.1 Å². The lowest BCUT2D eigenvalue weighted by atomic mass is 9.68. The molecule has 2 aromatic carbocycles. The number of carbonyl (C=O) groups excluding carboxylic acids is 2. The highest BCUT2D eigenvalue weighted by atomic mass is 35.5. The summed E-state index contributed by atoms with van der Waals surface area (Å²) in [7, 11) is 1.35. The summed E-state index contributed by atoms with van der Waals surface area (Å²) in [6.07, 6.45) is 1.11. The fourth-order valence-electron chi connectivity index (χ4n) is 5.26. The molecule has 0 saturated heterocycles. The van der Waals surface area contributed by atoms with Crippen molar-refractivity contribution in [1.82, 2.24) is 5.32 Å². The van der Waals surface area contributed by atoms with Crippen molar-refractivity contribution >= 4 is 23.4 Å². The van der Waals surface area contributed by atoms with Crippen molar-refractivity contribution in [2.45, 2.75) is 60.0 Å². The van der Waals surface area contributed by atoms with Crippen molar-refractivity contribution in [2.24, 2.45) is 5.41 Å². The quantitative estimate of drug-likeness (QED) is 0.467. The van der Waals surface area contributed by atoms with E-state index in [1.165, 1.54) is 25.3 Å². The van der Waals surface area contributed by atoms with Gasteiger partial charge in [-0.15, -0.1) is 0 Å². The highest BCUT2D eigenvalue weighted by Crippen LogP contribution is 2.47. The van der Waals surface area contributed by atoms with Gasteiger partial charge in [-0.3, -0.25) is 4.79 Å². The number of halogens is 2. The van der Waals surface area contributed by atoms with Crippen LogP contribution in [0.1, 0.15) is 61.8 Å². The topological polar surface area (TPSA) is 64.6 Å². The molecule has 1 aliphatic heterocycles. The monoisotopic (exact) mass is 511 g/mol. The Bertz CT molecular complexity index is 1320. The zero-order valence-electron chi connectivity index (χ0n) is 21.5. The molecule has 1 atom stereocenters. The normalized spacial score (nSPS) is 19.1. The predicted molar refractivity (Wildman–Crippen MR) is 137 cm³/mol. The SMILES string of the molecule is COC(=O)C1=C(C)NC2=C(C(=O)CC(C)(C)C2)[C@@H]1c1cc(COc2ccc(F)cc2Cl)c(C)cc1C. The number of allylic oxidation sites excluding steroid dienone is 3. The van der Waals surface area contributed by atoms with Crippen molar-refractivity contribution < 1.29 is 23.5 Å². The van der Waals surface area contributed by atoms with E-state index in [2.05, 4.69) is 19.2 Å². The van der Waals surface area contributed by atoms with E-state index >= 15 is 0 Å². The van der Waals surface area contributed by atoms with Gasteiger partial charge in [0.1, 0.15) is 18.2 Å². The molecule has 0 fully saturated rings. The van der Waals surface area contributed by atoms with Crippen LogP contribution in [0.2, 0.25) is 5.02 Å². The molecule has 0 unspecified atom stereocenters. The number of dihydropyridines is 1. The van der Waals surface area contributed by atoms with E-state index in [0.29, 0.717) is 35.4 Å². The number of carbonyl (C=O) groups is 2. The first-order chi connectivity index (χ1) is 16.9. The van der Waals surface area contributed by atoms with Crippen LogP contribution in [0.15, 0.2) is 52.9 Å².